The fourth-order valence-corrected chi connectivity index (χ4v) is 3.48. The molecule has 5 heteroatoms. The minimum absolute atomic E-state index is 0.0482. The molecule has 1 amide bonds. The molecule has 1 aliphatic rings. The molecule has 1 fully saturated rings. The van der Waals surface area contributed by atoms with Gasteiger partial charge in [0.15, 0.2) is 0 Å². The van der Waals surface area contributed by atoms with Crippen molar-refractivity contribution in [3.05, 3.63) is 59.4 Å². The zero-order valence-electron chi connectivity index (χ0n) is 15.6. The number of carbonyl (C=O) groups is 2. The fourth-order valence-electron chi connectivity index (χ4n) is 3.48. The fraction of sp³-hybridized carbons (Fsp3) is 0.429. The molecule has 2 heterocycles. The Morgan fingerprint density at radius 1 is 1.15 bits per heavy atom. The predicted molar refractivity (Wildman–Crippen MR) is 101 cm³/mol. The van der Waals surface area contributed by atoms with Crippen LogP contribution in [0.25, 0.3) is 0 Å². The maximum absolute atomic E-state index is 12.9. The lowest BCUT2D eigenvalue weighted by molar-refractivity contribution is 0.0687. The number of carboxylic acids is 1. The number of hydrogen-bond donors (Lipinski definition) is 1. The van der Waals surface area contributed by atoms with Crippen molar-refractivity contribution in [1.82, 2.24) is 9.47 Å². The van der Waals surface area contributed by atoms with Gasteiger partial charge >= 0.3 is 5.97 Å². The summed E-state index contributed by atoms with van der Waals surface area (Å²) in [5, 5.41) is 9.20. The van der Waals surface area contributed by atoms with Crippen molar-refractivity contribution in [3.8, 4) is 0 Å². The molecule has 0 aliphatic carbocycles. The van der Waals surface area contributed by atoms with Crippen molar-refractivity contribution in [3.63, 3.8) is 0 Å². The highest BCUT2D eigenvalue weighted by Gasteiger charge is 2.27. The quantitative estimate of drug-likeness (QED) is 0.907. The number of aromatic nitrogens is 1. The highest BCUT2D eigenvalue weighted by atomic mass is 16.4. The Balaban J connectivity index is 1.76. The normalized spacial score (nSPS) is 18.0. The lowest BCUT2D eigenvalue weighted by atomic mass is 9.89. The molecule has 1 atom stereocenters. The Bertz CT molecular complexity index is 817. The second-order valence-corrected chi connectivity index (χ2v) is 8.00. The molecule has 1 aromatic heterocycles. The first-order valence-corrected chi connectivity index (χ1v) is 9.07. The van der Waals surface area contributed by atoms with Crippen LogP contribution in [0, 0.1) is 0 Å². The van der Waals surface area contributed by atoms with Crippen LogP contribution >= 0.6 is 0 Å². The van der Waals surface area contributed by atoms with Gasteiger partial charge in [0.2, 0.25) is 0 Å². The van der Waals surface area contributed by atoms with E-state index in [1.165, 1.54) is 0 Å². The number of nitrogens with zero attached hydrogens (tertiary/aromatic N) is 2. The molecule has 26 heavy (non-hydrogen) atoms. The number of carboxylic acid groups (broad SMARTS) is 1. The number of hydrogen-bond acceptors (Lipinski definition) is 2. The molecule has 1 aliphatic heterocycles. The molecule has 5 nitrogen and oxygen atoms in total. The first-order chi connectivity index (χ1) is 12.3. The van der Waals surface area contributed by atoms with Gasteiger partial charge in [-0.2, -0.15) is 0 Å². The third kappa shape index (κ3) is 3.82. The van der Waals surface area contributed by atoms with Crippen molar-refractivity contribution in [2.75, 3.05) is 13.1 Å². The Labute approximate surface area is 154 Å². The van der Waals surface area contributed by atoms with Crippen LogP contribution in [0.5, 0.6) is 0 Å². The van der Waals surface area contributed by atoms with E-state index < -0.39 is 5.97 Å². The monoisotopic (exact) mass is 354 g/mol. The van der Waals surface area contributed by atoms with Crippen LogP contribution in [0.3, 0.4) is 0 Å². The Morgan fingerprint density at radius 3 is 2.58 bits per heavy atom. The summed E-state index contributed by atoms with van der Waals surface area (Å²) in [6.45, 7) is 7.69. The standard InChI is InChI=1S/C21H26N2O3/c1-21(2,3)23-11-9-18(14-23)19(24)22-10-5-8-17(13-22)15-6-4-7-16(12-15)20(25)26/h4,6-7,9,11-12,14,17H,5,8,10,13H2,1-3H3,(H,25,26)/t17-/m1/s1. The number of aromatic carboxylic acids is 1. The predicted octanol–water partition coefficient (Wildman–Crippen LogP) is 3.96. The summed E-state index contributed by atoms with van der Waals surface area (Å²) in [4.78, 5) is 26.0. The van der Waals surface area contributed by atoms with Crippen molar-refractivity contribution >= 4 is 11.9 Å². The van der Waals surface area contributed by atoms with Gasteiger partial charge in [0.1, 0.15) is 0 Å². The third-order valence-electron chi connectivity index (χ3n) is 5.03. The van der Waals surface area contributed by atoms with Crippen molar-refractivity contribution in [2.24, 2.45) is 0 Å². The van der Waals surface area contributed by atoms with Crippen molar-refractivity contribution in [2.45, 2.75) is 45.1 Å². The van der Waals surface area contributed by atoms with Gasteiger partial charge in [-0.25, -0.2) is 4.79 Å². The first-order valence-electron chi connectivity index (χ1n) is 9.07. The first kappa shape index (κ1) is 18.2. The molecule has 1 N–H and O–H groups in total. The third-order valence-corrected chi connectivity index (χ3v) is 5.03. The van der Waals surface area contributed by atoms with Gasteiger partial charge in [0, 0.05) is 36.9 Å². The SMILES string of the molecule is CC(C)(C)n1ccc(C(=O)N2CCC[C@@H](c3cccc(C(=O)O)c3)C2)c1. The Kier molecular flexibility index (Phi) is 4.90. The molecule has 1 saturated heterocycles. The van der Waals surface area contributed by atoms with Crippen molar-refractivity contribution in [1.29, 1.82) is 0 Å². The van der Waals surface area contributed by atoms with E-state index in [0.29, 0.717) is 17.7 Å². The zero-order chi connectivity index (χ0) is 18.9. The van der Waals surface area contributed by atoms with E-state index in [4.69, 9.17) is 0 Å². The Morgan fingerprint density at radius 2 is 1.92 bits per heavy atom. The van der Waals surface area contributed by atoms with Crippen LogP contribution in [0.15, 0.2) is 42.7 Å². The van der Waals surface area contributed by atoms with Crippen LogP contribution in [-0.4, -0.2) is 39.5 Å². The van der Waals surface area contributed by atoms with Gasteiger partial charge in [-0.05, 0) is 57.4 Å². The van der Waals surface area contributed by atoms with E-state index in [0.717, 1.165) is 24.9 Å². The van der Waals surface area contributed by atoms with E-state index in [1.807, 2.05) is 29.4 Å². The molecule has 0 unspecified atom stereocenters. The molecule has 138 valence electrons. The number of likely N-dealkylation sites (tertiary alicyclic amines) is 1. The minimum atomic E-state index is -0.917. The molecule has 1 aromatic carbocycles. The van der Waals surface area contributed by atoms with Crippen LogP contribution < -0.4 is 0 Å². The molecular formula is C21H26N2O3. The second-order valence-electron chi connectivity index (χ2n) is 8.00. The van der Waals surface area contributed by atoms with Gasteiger partial charge < -0.3 is 14.6 Å². The average molecular weight is 354 g/mol. The molecule has 3 rings (SSSR count). The summed E-state index contributed by atoms with van der Waals surface area (Å²) in [6.07, 6.45) is 5.76. The van der Waals surface area contributed by atoms with E-state index in [2.05, 4.69) is 25.3 Å². The molecule has 2 aromatic rings. The summed E-state index contributed by atoms with van der Waals surface area (Å²) >= 11 is 0. The van der Waals surface area contributed by atoms with E-state index in [-0.39, 0.29) is 17.4 Å². The maximum Gasteiger partial charge on any atom is 0.335 e. The summed E-state index contributed by atoms with van der Waals surface area (Å²) in [7, 11) is 0. The van der Waals surface area contributed by atoms with E-state index in [9.17, 15) is 14.7 Å². The number of carbonyl (C=O) groups excluding carboxylic acids is 1. The molecule has 0 saturated carbocycles. The lowest BCUT2D eigenvalue weighted by Crippen LogP contribution is -2.39. The highest BCUT2D eigenvalue weighted by Crippen LogP contribution is 2.28. The number of rotatable bonds is 3. The highest BCUT2D eigenvalue weighted by molar-refractivity contribution is 5.94. The summed E-state index contributed by atoms with van der Waals surface area (Å²) < 4.78 is 2.05. The van der Waals surface area contributed by atoms with Gasteiger partial charge in [0.05, 0.1) is 11.1 Å². The molecular weight excluding hydrogens is 328 g/mol. The number of amides is 1. The summed E-state index contributed by atoms with van der Waals surface area (Å²) in [6, 6.07) is 8.95. The van der Waals surface area contributed by atoms with E-state index >= 15 is 0 Å². The second kappa shape index (κ2) is 6.98. The lowest BCUT2D eigenvalue weighted by Gasteiger charge is -2.33. The summed E-state index contributed by atoms with van der Waals surface area (Å²) in [5.74, 6) is -0.692. The van der Waals surface area contributed by atoms with E-state index in [1.54, 1.807) is 18.2 Å². The summed E-state index contributed by atoms with van der Waals surface area (Å²) in [5.41, 5.74) is 1.95. The number of benzene rings is 1. The minimum Gasteiger partial charge on any atom is -0.478 e. The topological polar surface area (TPSA) is 62.5 Å². The molecule has 0 bridgehead atoms. The van der Waals surface area contributed by atoms with Gasteiger partial charge in [-0.1, -0.05) is 12.1 Å². The Hall–Kier alpha value is -2.56. The maximum atomic E-state index is 12.9. The van der Waals surface area contributed by atoms with Crippen molar-refractivity contribution < 1.29 is 14.7 Å². The van der Waals surface area contributed by atoms with Crippen LogP contribution in [0.4, 0.5) is 0 Å². The van der Waals surface area contributed by atoms with Crippen LogP contribution in [-0.2, 0) is 5.54 Å². The molecule has 0 spiro atoms. The average Bonchev–Trinajstić information content (AvgIpc) is 3.12. The van der Waals surface area contributed by atoms with Gasteiger partial charge in [-0.15, -0.1) is 0 Å². The van der Waals surface area contributed by atoms with Crippen LogP contribution in [0.1, 0.15) is 65.8 Å². The van der Waals surface area contributed by atoms with Gasteiger partial charge in [0.25, 0.3) is 5.91 Å². The zero-order valence-corrected chi connectivity index (χ0v) is 15.6. The molecule has 0 radical (unpaired) electrons. The smallest absolute Gasteiger partial charge is 0.335 e. The van der Waals surface area contributed by atoms with Crippen LogP contribution in [0.2, 0.25) is 0 Å². The largest absolute Gasteiger partial charge is 0.478 e. The van der Waals surface area contributed by atoms with Gasteiger partial charge in [-0.3, -0.25) is 4.79 Å². The number of piperidine rings is 1.